The summed E-state index contributed by atoms with van der Waals surface area (Å²) in [5.41, 5.74) is 5.10. The first-order chi connectivity index (χ1) is 12.6. The molecule has 7 nitrogen and oxygen atoms in total. The molecule has 0 fully saturated rings. The van der Waals surface area contributed by atoms with E-state index in [1.54, 1.807) is 11.3 Å². The summed E-state index contributed by atoms with van der Waals surface area (Å²) in [6, 6.07) is 16.2. The van der Waals surface area contributed by atoms with Gasteiger partial charge in [-0.2, -0.15) is 0 Å². The van der Waals surface area contributed by atoms with Crippen molar-refractivity contribution >= 4 is 28.4 Å². The van der Waals surface area contributed by atoms with Gasteiger partial charge in [-0.1, -0.05) is 17.4 Å². The fourth-order valence-corrected chi connectivity index (χ4v) is 3.17. The van der Waals surface area contributed by atoms with Crippen LogP contribution in [0.3, 0.4) is 0 Å². The van der Waals surface area contributed by atoms with E-state index >= 15 is 0 Å². The molecular formula is C18H16N4O3S. The number of methoxy groups -OCH3 is 1. The smallest absolute Gasteiger partial charge is 0.273 e. The summed E-state index contributed by atoms with van der Waals surface area (Å²) in [6.45, 7) is 2.08. The van der Waals surface area contributed by atoms with E-state index in [2.05, 4.69) is 34.8 Å². The minimum Gasteiger partial charge on any atom is -0.494 e. The number of non-ortho nitro benzene ring substituents is 1. The molecule has 3 aromatic rings. The number of nitro groups is 1. The van der Waals surface area contributed by atoms with Gasteiger partial charge in [0.05, 0.1) is 23.8 Å². The van der Waals surface area contributed by atoms with Crippen LogP contribution in [0.1, 0.15) is 4.88 Å². The lowest BCUT2D eigenvalue weighted by Crippen LogP contribution is -1.90. The molecule has 0 spiro atoms. The lowest BCUT2D eigenvalue weighted by Gasteiger charge is -2.04. The number of ether oxygens (including phenoxy) is 1. The van der Waals surface area contributed by atoms with E-state index in [1.807, 2.05) is 24.3 Å². The van der Waals surface area contributed by atoms with Crippen molar-refractivity contribution in [3.63, 3.8) is 0 Å². The highest BCUT2D eigenvalue weighted by molar-refractivity contribution is 7.15. The number of nitrogens with zero attached hydrogens (tertiary/aromatic N) is 3. The number of nitro benzene ring substituents is 1. The Morgan fingerprint density at radius 3 is 2.50 bits per heavy atom. The molecule has 0 aliphatic carbocycles. The van der Waals surface area contributed by atoms with Gasteiger partial charge in [-0.15, -0.1) is 16.5 Å². The van der Waals surface area contributed by atoms with Crippen LogP contribution in [0.5, 0.6) is 5.75 Å². The fraction of sp³-hybridized carbons (Fsp3) is 0.111. The first kappa shape index (κ1) is 17.6. The fourth-order valence-electron chi connectivity index (χ4n) is 2.30. The first-order valence-corrected chi connectivity index (χ1v) is 8.54. The van der Waals surface area contributed by atoms with E-state index < -0.39 is 4.92 Å². The third kappa shape index (κ3) is 4.04. The summed E-state index contributed by atoms with van der Waals surface area (Å²) in [4.78, 5) is 12.8. The second-order valence-electron chi connectivity index (χ2n) is 5.41. The van der Waals surface area contributed by atoms with Crippen molar-refractivity contribution in [2.75, 3.05) is 12.5 Å². The van der Waals surface area contributed by atoms with Crippen LogP contribution >= 0.6 is 11.3 Å². The summed E-state index contributed by atoms with van der Waals surface area (Å²) >= 11 is 1.74. The topological polar surface area (TPSA) is 89.1 Å². The molecule has 0 amide bonds. The lowest BCUT2D eigenvalue weighted by molar-refractivity contribution is -0.384. The Kier molecular flexibility index (Phi) is 5.23. The number of benzene rings is 2. The van der Waals surface area contributed by atoms with Gasteiger partial charge in [0, 0.05) is 15.8 Å². The number of rotatable bonds is 6. The van der Waals surface area contributed by atoms with Gasteiger partial charge in [-0.05, 0) is 42.8 Å². The summed E-state index contributed by atoms with van der Waals surface area (Å²) in [5.74, 6) is 0.285. The van der Waals surface area contributed by atoms with E-state index in [4.69, 9.17) is 4.74 Å². The maximum Gasteiger partial charge on any atom is 0.273 e. The number of thiophene rings is 1. The number of hydrogen-bond acceptors (Lipinski definition) is 6. The average molecular weight is 368 g/mol. The van der Waals surface area contributed by atoms with E-state index in [0.29, 0.717) is 5.69 Å². The van der Waals surface area contributed by atoms with Crippen LogP contribution in [-0.2, 0) is 0 Å². The van der Waals surface area contributed by atoms with Gasteiger partial charge in [-0.25, -0.2) is 0 Å². The summed E-state index contributed by atoms with van der Waals surface area (Å²) < 4.78 is 5.12. The molecule has 0 unspecified atom stereocenters. The van der Waals surface area contributed by atoms with E-state index in [-0.39, 0.29) is 11.4 Å². The Hall–Kier alpha value is -3.26. The number of aryl methyl sites for hydroxylation is 1. The average Bonchev–Trinajstić information content (AvgIpc) is 3.08. The zero-order chi connectivity index (χ0) is 18.5. The Bertz CT molecular complexity index is 951. The Morgan fingerprint density at radius 2 is 1.88 bits per heavy atom. The zero-order valence-corrected chi connectivity index (χ0v) is 15.0. The van der Waals surface area contributed by atoms with Crippen LogP contribution in [0.15, 0.2) is 64.9 Å². The van der Waals surface area contributed by atoms with Crippen molar-refractivity contribution in [3.05, 3.63) is 69.6 Å². The standard InChI is InChI=1S/C18H16N4O3S/c1-12-3-10-18(26-12)13-4-6-14(7-5-13)19-21-20-16-9-8-15(22(23)24)11-17(16)25-2/h3-11H,1-2H3,(H,19,20). The Balaban J connectivity index is 1.69. The lowest BCUT2D eigenvalue weighted by atomic mass is 10.2. The predicted octanol–water partition coefficient (Wildman–Crippen LogP) is 5.75. The number of anilines is 1. The Labute approximate surface area is 154 Å². The molecule has 3 rings (SSSR count). The molecule has 2 aromatic carbocycles. The maximum absolute atomic E-state index is 10.8. The van der Waals surface area contributed by atoms with E-state index in [9.17, 15) is 10.1 Å². The van der Waals surface area contributed by atoms with Gasteiger partial charge < -0.3 is 4.74 Å². The molecule has 0 aliphatic rings. The van der Waals surface area contributed by atoms with Crippen LogP contribution in [0.2, 0.25) is 0 Å². The number of hydrogen-bond donors (Lipinski definition) is 1. The van der Waals surface area contributed by atoms with Crippen molar-refractivity contribution in [2.45, 2.75) is 6.92 Å². The van der Waals surface area contributed by atoms with Crippen molar-refractivity contribution in [3.8, 4) is 16.2 Å². The summed E-state index contributed by atoms with van der Waals surface area (Å²) in [7, 11) is 1.43. The largest absolute Gasteiger partial charge is 0.494 e. The molecule has 1 heterocycles. The van der Waals surface area contributed by atoms with Crippen LogP contribution in [0.4, 0.5) is 17.1 Å². The minimum atomic E-state index is -0.488. The molecule has 1 N–H and O–H groups in total. The second kappa shape index (κ2) is 7.75. The molecule has 0 bridgehead atoms. The van der Waals surface area contributed by atoms with Crippen molar-refractivity contribution in [1.82, 2.24) is 0 Å². The van der Waals surface area contributed by atoms with Gasteiger partial charge >= 0.3 is 0 Å². The summed E-state index contributed by atoms with van der Waals surface area (Å²) in [6.07, 6.45) is 0. The van der Waals surface area contributed by atoms with Gasteiger partial charge in [0.25, 0.3) is 5.69 Å². The molecule has 0 radical (unpaired) electrons. The van der Waals surface area contributed by atoms with Crippen molar-refractivity contribution in [1.29, 1.82) is 0 Å². The molecule has 0 saturated heterocycles. The quantitative estimate of drug-likeness (QED) is 0.341. The first-order valence-electron chi connectivity index (χ1n) is 7.73. The monoisotopic (exact) mass is 368 g/mol. The summed E-state index contributed by atoms with van der Waals surface area (Å²) in [5, 5.41) is 18.7. The van der Waals surface area contributed by atoms with Gasteiger partial charge in [0.2, 0.25) is 0 Å². The minimum absolute atomic E-state index is 0.0619. The van der Waals surface area contributed by atoms with Gasteiger partial charge in [-0.3, -0.25) is 15.5 Å². The third-order valence-corrected chi connectivity index (χ3v) is 4.67. The molecule has 8 heteroatoms. The SMILES string of the molecule is COc1cc([N+](=O)[O-])ccc1N=NNc1ccc(-c2ccc(C)s2)cc1. The van der Waals surface area contributed by atoms with Crippen LogP contribution in [0, 0.1) is 17.0 Å². The second-order valence-corrected chi connectivity index (χ2v) is 6.70. The van der Waals surface area contributed by atoms with Crippen LogP contribution in [0.25, 0.3) is 10.4 Å². The van der Waals surface area contributed by atoms with Crippen LogP contribution < -0.4 is 10.2 Å². The van der Waals surface area contributed by atoms with Crippen molar-refractivity contribution in [2.24, 2.45) is 10.3 Å². The van der Waals surface area contributed by atoms with Gasteiger partial charge in [0.1, 0.15) is 5.69 Å². The molecule has 1 aromatic heterocycles. The van der Waals surface area contributed by atoms with E-state index in [1.165, 1.54) is 35.1 Å². The normalized spacial score (nSPS) is 10.8. The highest BCUT2D eigenvalue weighted by Gasteiger charge is 2.11. The highest BCUT2D eigenvalue weighted by atomic mass is 32.1. The van der Waals surface area contributed by atoms with Crippen LogP contribution in [-0.4, -0.2) is 12.0 Å². The highest BCUT2D eigenvalue weighted by Crippen LogP contribution is 2.32. The van der Waals surface area contributed by atoms with E-state index in [0.717, 1.165) is 11.3 Å². The third-order valence-electron chi connectivity index (χ3n) is 3.62. The molecule has 0 atom stereocenters. The maximum atomic E-state index is 10.8. The molecular weight excluding hydrogens is 352 g/mol. The van der Waals surface area contributed by atoms with Crippen molar-refractivity contribution < 1.29 is 9.66 Å². The zero-order valence-electron chi connectivity index (χ0n) is 14.2. The molecule has 132 valence electrons. The molecule has 0 aliphatic heterocycles. The Morgan fingerprint density at radius 1 is 1.12 bits per heavy atom. The van der Waals surface area contributed by atoms with Gasteiger partial charge in [0.15, 0.2) is 5.75 Å². The predicted molar refractivity (Wildman–Crippen MR) is 102 cm³/mol. The number of nitrogens with one attached hydrogen (secondary N) is 1. The molecule has 0 saturated carbocycles. The molecule has 26 heavy (non-hydrogen) atoms.